The molecule has 2 aromatic heterocycles. The zero-order valence-corrected chi connectivity index (χ0v) is 12.6. The van der Waals surface area contributed by atoms with Crippen LogP contribution < -0.4 is 4.72 Å². The minimum Gasteiger partial charge on any atom is -0.254 e. The van der Waals surface area contributed by atoms with Crippen LogP contribution in [-0.2, 0) is 10.0 Å². The fourth-order valence-corrected chi connectivity index (χ4v) is 3.60. The third-order valence-corrected chi connectivity index (χ3v) is 5.00. The summed E-state index contributed by atoms with van der Waals surface area (Å²) in [5.74, 6) is -0.507. The Kier molecular flexibility index (Phi) is 3.82. The van der Waals surface area contributed by atoms with Gasteiger partial charge in [-0.05, 0) is 36.4 Å². The molecule has 0 bridgehead atoms. The highest BCUT2D eigenvalue weighted by Crippen LogP contribution is 2.26. The number of halogens is 1. The van der Waals surface area contributed by atoms with Crippen molar-refractivity contribution in [3.05, 3.63) is 54.5 Å². The zero-order valence-electron chi connectivity index (χ0n) is 11.0. The number of sulfonamides is 1. The number of nitrogens with one attached hydrogen (secondary N) is 1. The van der Waals surface area contributed by atoms with Crippen LogP contribution >= 0.6 is 11.3 Å². The van der Waals surface area contributed by atoms with Gasteiger partial charge >= 0.3 is 0 Å². The summed E-state index contributed by atoms with van der Waals surface area (Å²) in [6.07, 6.45) is 1.61. The van der Waals surface area contributed by atoms with Crippen LogP contribution in [0.15, 0.2) is 53.6 Å². The predicted octanol–water partition coefficient (Wildman–Crippen LogP) is 2.54. The van der Waals surface area contributed by atoms with Gasteiger partial charge in [0.25, 0.3) is 10.0 Å². The van der Waals surface area contributed by atoms with E-state index in [1.807, 2.05) is 0 Å². The van der Waals surface area contributed by atoms with Gasteiger partial charge in [-0.15, -0.1) is 10.2 Å². The average Bonchev–Trinajstić information content (AvgIpc) is 2.96. The highest BCUT2D eigenvalue weighted by atomic mass is 32.2. The summed E-state index contributed by atoms with van der Waals surface area (Å²) < 4.78 is 39.5. The number of anilines is 1. The molecule has 112 valence electrons. The minimum atomic E-state index is -3.83. The highest BCUT2D eigenvalue weighted by Gasteiger charge is 2.17. The van der Waals surface area contributed by atoms with Crippen LogP contribution in [0.1, 0.15) is 0 Å². The Morgan fingerprint density at radius 1 is 1.05 bits per heavy atom. The lowest BCUT2D eigenvalue weighted by atomic mass is 10.4. The van der Waals surface area contributed by atoms with Crippen LogP contribution in [-0.4, -0.2) is 23.6 Å². The molecule has 9 heteroatoms. The second-order valence-electron chi connectivity index (χ2n) is 4.19. The summed E-state index contributed by atoms with van der Waals surface area (Å²) in [6.45, 7) is 0. The van der Waals surface area contributed by atoms with Crippen molar-refractivity contribution in [2.24, 2.45) is 0 Å². The summed E-state index contributed by atoms with van der Waals surface area (Å²) in [5, 5.41) is 8.30. The van der Waals surface area contributed by atoms with Gasteiger partial charge in [-0.1, -0.05) is 17.4 Å². The molecule has 0 saturated carbocycles. The van der Waals surface area contributed by atoms with Gasteiger partial charge in [0.15, 0.2) is 5.01 Å². The summed E-state index contributed by atoms with van der Waals surface area (Å²) in [5.41, 5.74) is 0.604. The quantitative estimate of drug-likeness (QED) is 0.791. The normalized spacial score (nSPS) is 11.3. The van der Waals surface area contributed by atoms with Crippen LogP contribution in [0.5, 0.6) is 0 Å². The maximum atomic E-state index is 12.9. The molecule has 0 amide bonds. The van der Waals surface area contributed by atoms with Gasteiger partial charge in [0.1, 0.15) is 11.5 Å². The second-order valence-corrected chi connectivity index (χ2v) is 6.85. The summed E-state index contributed by atoms with van der Waals surface area (Å²) in [4.78, 5) is 4.06. The molecular weight excluding hydrogens is 327 g/mol. The van der Waals surface area contributed by atoms with E-state index in [2.05, 4.69) is 19.9 Å². The summed E-state index contributed by atoms with van der Waals surface area (Å²) >= 11 is 1.06. The lowest BCUT2D eigenvalue weighted by molar-refractivity contribution is 0.599. The molecule has 0 saturated heterocycles. The van der Waals surface area contributed by atoms with Crippen molar-refractivity contribution in [3.63, 3.8) is 0 Å². The van der Waals surface area contributed by atoms with E-state index in [-0.39, 0.29) is 10.0 Å². The summed E-state index contributed by atoms with van der Waals surface area (Å²) in [7, 11) is -3.83. The molecule has 3 aromatic rings. The average molecular weight is 336 g/mol. The third-order valence-electron chi connectivity index (χ3n) is 2.65. The van der Waals surface area contributed by atoms with E-state index in [1.54, 1.807) is 24.4 Å². The van der Waals surface area contributed by atoms with Crippen molar-refractivity contribution in [1.82, 2.24) is 15.2 Å². The molecule has 2 heterocycles. The fraction of sp³-hybridized carbons (Fsp3) is 0. The molecule has 0 aliphatic heterocycles. The Labute approximate surface area is 129 Å². The first-order chi connectivity index (χ1) is 10.5. The lowest BCUT2D eigenvalue weighted by Gasteiger charge is -2.03. The number of nitrogens with zero attached hydrogens (tertiary/aromatic N) is 3. The Hall–Kier alpha value is -2.39. The van der Waals surface area contributed by atoms with Crippen molar-refractivity contribution in [1.29, 1.82) is 0 Å². The number of hydrogen-bond acceptors (Lipinski definition) is 6. The van der Waals surface area contributed by atoms with Crippen LogP contribution in [0.2, 0.25) is 0 Å². The molecule has 22 heavy (non-hydrogen) atoms. The lowest BCUT2D eigenvalue weighted by Crippen LogP contribution is -2.12. The Morgan fingerprint density at radius 3 is 2.50 bits per heavy atom. The van der Waals surface area contributed by atoms with Crippen molar-refractivity contribution < 1.29 is 12.8 Å². The third kappa shape index (κ3) is 3.10. The zero-order chi connectivity index (χ0) is 15.6. The Bertz CT molecular complexity index is 880. The van der Waals surface area contributed by atoms with E-state index >= 15 is 0 Å². The predicted molar refractivity (Wildman–Crippen MR) is 80.3 cm³/mol. The van der Waals surface area contributed by atoms with E-state index in [0.717, 1.165) is 23.5 Å². The summed E-state index contributed by atoms with van der Waals surface area (Å²) in [6, 6.07) is 9.83. The molecule has 0 spiro atoms. The van der Waals surface area contributed by atoms with Crippen molar-refractivity contribution >= 4 is 26.5 Å². The van der Waals surface area contributed by atoms with Crippen LogP contribution in [0.25, 0.3) is 10.7 Å². The number of pyridine rings is 1. The Morgan fingerprint density at radius 2 is 1.82 bits per heavy atom. The first-order valence-corrected chi connectivity index (χ1v) is 8.38. The maximum absolute atomic E-state index is 12.9. The van der Waals surface area contributed by atoms with E-state index < -0.39 is 15.8 Å². The molecule has 1 N–H and O–H groups in total. The first kappa shape index (κ1) is 14.5. The minimum absolute atomic E-state index is 0.0523. The van der Waals surface area contributed by atoms with Crippen molar-refractivity contribution in [3.8, 4) is 10.7 Å². The van der Waals surface area contributed by atoms with Crippen LogP contribution in [0.4, 0.5) is 9.52 Å². The van der Waals surface area contributed by atoms with Gasteiger partial charge in [0, 0.05) is 6.20 Å². The van der Waals surface area contributed by atoms with Gasteiger partial charge in [0.05, 0.1) is 4.90 Å². The molecule has 0 aliphatic carbocycles. The molecule has 0 radical (unpaired) electrons. The van der Waals surface area contributed by atoms with Gasteiger partial charge < -0.3 is 0 Å². The van der Waals surface area contributed by atoms with Crippen molar-refractivity contribution in [2.75, 3.05) is 4.72 Å². The largest absolute Gasteiger partial charge is 0.263 e. The van der Waals surface area contributed by atoms with Crippen LogP contribution in [0, 0.1) is 5.82 Å². The highest BCUT2D eigenvalue weighted by molar-refractivity contribution is 7.93. The molecule has 6 nitrogen and oxygen atoms in total. The molecule has 0 atom stereocenters. The van der Waals surface area contributed by atoms with E-state index in [9.17, 15) is 12.8 Å². The molecule has 1 aromatic carbocycles. The smallest absolute Gasteiger partial charge is 0.254 e. The SMILES string of the molecule is O=S(=O)(Nc1nnc(-c2ccccn2)s1)c1ccc(F)cc1. The van der Waals surface area contributed by atoms with Gasteiger partial charge in [-0.3, -0.25) is 9.71 Å². The number of benzene rings is 1. The second kappa shape index (κ2) is 5.78. The maximum Gasteiger partial charge on any atom is 0.263 e. The van der Waals surface area contributed by atoms with E-state index in [4.69, 9.17) is 0 Å². The monoisotopic (exact) mass is 336 g/mol. The van der Waals surface area contributed by atoms with Gasteiger partial charge in [0.2, 0.25) is 5.13 Å². The van der Waals surface area contributed by atoms with E-state index in [0.29, 0.717) is 10.7 Å². The Balaban J connectivity index is 1.84. The molecule has 0 aliphatic rings. The van der Waals surface area contributed by atoms with Crippen LogP contribution in [0.3, 0.4) is 0 Å². The molecule has 0 unspecified atom stereocenters. The topological polar surface area (TPSA) is 84.8 Å². The number of rotatable bonds is 4. The standard InChI is InChI=1S/C13H9FN4O2S2/c14-9-4-6-10(7-5-9)22(19,20)18-13-17-16-12(21-13)11-3-1-2-8-15-11/h1-8H,(H,17,18). The first-order valence-electron chi connectivity index (χ1n) is 6.08. The fourth-order valence-electron chi connectivity index (χ4n) is 1.64. The van der Waals surface area contributed by atoms with E-state index in [1.165, 1.54) is 12.1 Å². The van der Waals surface area contributed by atoms with Crippen molar-refractivity contribution in [2.45, 2.75) is 4.90 Å². The van der Waals surface area contributed by atoms with Gasteiger partial charge in [-0.25, -0.2) is 12.8 Å². The van der Waals surface area contributed by atoms with Gasteiger partial charge in [-0.2, -0.15) is 0 Å². The molecule has 0 fully saturated rings. The molecular formula is C13H9FN4O2S2. The number of aromatic nitrogens is 3. The number of hydrogen-bond donors (Lipinski definition) is 1. The molecule has 3 rings (SSSR count).